The van der Waals surface area contributed by atoms with Gasteiger partial charge in [0.25, 0.3) is 0 Å². The second-order valence-electron chi connectivity index (χ2n) is 7.88. The molecule has 3 aromatic rings. The number of carbonyl (C=O) groups is 2. The Labute approximate surface area is 206 Å². The molecule has 4 rings (SSSR count). The van der Waals surface area contributed by atoms with Crippen molar-refractivity contribution < 1.29 is 14.3 Å². The summed E-state index contributed by atoms with van der Waals surface area (Å²) in [5.41, 5.74) is 2.71. The second-order valence-corrected chi connectivity index (χ2v) is 9.62. The summed E-state index contributed by atoms with van der Waals surface area (Å²) in [5.74, 6) is -0.372. The third kappa shape index (κ3) is 5.64. The Kier molecular flexibility index (Phi) is 7.62. The number of hydrogen-bond donors (Lipinski definition) is 1. The SMILES string of the molecule is COCC1C(=O)N(Cc2ccc(-c3ccc(=O)[nH]c3)cc2)CCN1C(=O)/C=C/c1ccc(Cl)s1. The monoisotopic (exact) mass is 497 g/mol. The van der Waals surface area contributed by atoms with Crippen LogP contribution in [0.5, 0.6) is 0 Å². The van der Waals surface area contributed by atoms with E-state index in [0.717, 1.165) is 21.6 Å². The molecule has 7 nitrogen and oxygen atoms in total. The smallest absolute Gasteiger partial charge is 0.248 e. The Hall–Kier alpha value is -3.20. The van der Waals surface area contributed by atoms with Gasteiger partial charge < -0.3 is 19.5 Å². The predicted octanol–water partition coefficient (Wildman–Crippen LogP) is 3.66. The minimum absolute atomic E-state index is 0.130. The maximum Gasteiger partial charge on any atom is 0.248 e. The van der Waals surface area contributed by atoms with Crippen molar-refractivity contribution in [2.75, 3.05) is 26.8 Å². The van der Waals surface area contributed by atoms with Gasteiger partial charge in [-0.05, 0) is 41.0 Å². The summed E-state index contributed by atoms with van der Waals surface area (Å²) < 4.78 is 5.92. The van der Waals surface area contributed by atoms with Crippen molar-refractivity contribution in [3.05, 3.63) is 85.9 Å². The van der Waals surface area contributed by atoms with Crippen molar-refractivity contribution in [3.63, 3.8) is 0 Å². The lowest BCUT2D eigenvalue weighted by molar-refractivity contribution is -0.152. The highest BCUT2D eigenvalue weighted by Gasteiger charge is 2.36. The molecule has 0 spiro atoms. The van der Waals surface area contributed by atoms with E-state index in [9.17, 15) is 14.4 Å². The second kappa shape index (κ2) is 10.8. The van der Waals surface area contributed by atoms with Gasteiger partial charge in [0.15, 0.2) is 0 Å². The van der Waals surface area contributed by atoms with Gasteiger partial charge in [-0.15, -0.1) is 11.3 Å². The van der Waals surface area contributed by atoms with Crippen LogP contribution in [-0.2, 0) is 20.9 Å². The highest BCUT2D eigenvalue weighted by molar-refractivity contribution is 7.17. The quantitative estimate of drug-likeness (QED) is 0.505. The molecule has 3 heterocycles. The number of H-pyrrole nitrogens is 1. The minimum atomic E-state index is -0.678. The van der Waals surface area contributed by atoms with Crippen LogP contribution in [0.1, 0.15) is 10.4 Å². The number of aromatic amines is 1. The molecule has 0 bridgehead atoms. The number of thiophene rings is 1. The largest absolute Gasteiger partial charge is 0.382 e. The number of hydrogen-bond acceptors (Lipinski definition) is 5. The molecular weight excluding hydrogens is 474 g/mol. The van der Waals surface area contributed by atoms with Gasteiger partial charge in [-0.3, -0.25) is 14.4 Å². The first-order chi connectivity index (χ1) is 16.4. The Morgan fingerprint density at radius 2 is 1.88 bits per heavy atom. The molecular formula is C25H24ClN3O4S. The van der Waals surface area contributed by atoms with Crippen LogP contribution in [0.2, 0.25) is 4.34 Å². The van der Waals surface area contributed by atoms with Crippen molar-refractivity contribution in [2.24, 2.45) is 0 Å². The van der Waals surface area contributed by atoms with Crippen LogP contribution >= 0.6 is 22.9 Å². The van der Waals surface area contributed by atoms with E-state index in [-0.39, 0.29) is 24.0 Å². The Morgan fingerprint density at radius 1 is 1.12 bits per heavy atom. The molecule has 1 saturated heterocycles. The molecule has 2 aromatic heterocycles. The highest BCUT2D eigenvalue weighted by atomic mass is 35.5. The van der Waals surface area contributed by atoms with E-state index < -0.39 is 6.04 Å². The summed E-state index contributed by atoms with van der Waals surface area (Å²) in [5, 5.41) is 0. The van der Waals surface area contributed by atoms with Gasteiger partial charge in [0, 0.05) is 50.0 Å². The van der Waals surface area contributed by atoms with E-state index in [4.69, 9.17) is 16.3 Å². The standard InChI is InChI=1S/C25H24ClN3O4S/c1-33-16-21-25(32)28(12-13-29(21)24(31)11-8-20-7-9-22(26)34-20)15-17-2-4-18(5-3-17)19-6-10-23(30)27-14-19/h2-11,14,21H,12-13,15-16H2,1H3,(H,27,30)/b11-8+. The van der Waals surface area contributed by atoms with Crippen molar-refractivity contribution in [1.82, 2.24) is 14.8 Å². The lowest BCUT2D eigenvalue weighted by atomic mass is 10.0. The van der Waals surface area contributed by atoms with E-state index >= 15 is 0 Å². The van der Waals surface area contributed by atoms with Gasteiger partial charge >= 0.3 is 0 Å². The average molecular weight is 498 g/mol. The zero-order valence-electron chi connectivity index (χ0n) is 18.6. The van der Waals surface area contributed by atoms with Crippen LogP contribution in [0.4, 0.5) is 0 Å². The summed E-state index contributed by atoms with van der Waals surface area (Å²) in [6.07, 6.45) is 4.86. The highest BCUT2D eigenvalue weighted by Crippen LogP contribution is 2.23. The zero-order valence-corrected chi connectivity index (χ0v) is 20.1. The summed E-state index contributed by atoms with van der Waals surface area (Å²) in [7, 11) is 1.52. The third-order valence-electron chi connectivity index (χ3n) is 5.62. The lowest BCUT2D eigenvalue weighted by Crippen LogP contribution is -2.59. The minimum Gasteiger partial charge on any atom is -0.382 e. The van der Waals surface area contributed by atoms with Crippen LogP contribution < -0.4 is 5.56 Å². The molecule has 2 amide bonds. The molecule has 0 aliphatic carbocycles. The topological polar surface area (TPSA) is 82.7 Å². The van der Waals surface area contributed by atoms with Gasteiger partial charge in [-0.25, -0.2) is 0 Å². The number of aromatic nitrogens is 1. The van der Waals surface area contributed by atoms with Crippen molar-refractivity contribution >= 4 is 40.8 Å². The van der Waals surface area contributed by atoms with E-state index in [1.807, 2.05) is 30.3 Å². The first kappa shape index (κ1) is 23.9. The summed E-state index contributed by atoms with van der Waals surface area (Å²) in [4.78, 5) is 44.2. The number of nitrogens with zero attached hydrogens (tertiary/aromatic N) is 2. The molecule has 176 valence electrons. The predicted molar refractivity (Wildman–Crippen MR) is 134 cm³/mol. The van der Waals surface area contributed by atoms with Crippen LogP contribution in [0.3, 0.4) is 0 Å². The van der Waals surface area contributed by atoms with Crippen LogP contribution in [0.15, 0.2) is 65.6 Å². The molecule has 1 unspecified atom stereocenters. The fourth-order valence-corrected chi connectivity index (χ4v) is 4.82. The molecule has 1 atom stereocenters. The van der Waals surface area contributed by atoms with Crippen molar-refractivity contribution in [2.45, 2.75) is 12.6 Å². The van der Waals surface area contributed by atoms with Gasteiger partial charge in [-0.1, -0.05) is 35.9 Å². The van der Waals surface area contributed by atoms with Gasteiger partial charge in [0.05, 0.1) is 10.9 Å². The number of carbonyl (C=O) groups excluding carboxylic acids is 2. The number of pyridine rings is 1. The molecule has 1 aliphatic rings. The number of rotatable bonds is 7. The summed E-state index contributed by atoms with van der Waals surface area (Å²) in [6.45, 7) is 1.43. The maximum absolute atomic E-state index is 13.2. The molecule has 1 aliphatic heterocycles. The van der Waals surface area contributed by atoms with E-state index in [2.05, 4.69) is 4.98 Å². The van der Waals surface area contributed by atoms with Crippen molar-refractivity contribution in [3.8, 4) is 11.1 Å². The van der Waals surface area contributed by atoms with Crippen LogP contribution in [0, 0.1) is 0 Å². The van der Waals surface area contributed by atoms with Gasteiger partial charge in [-0.2, -0.15) is 0 Å². The number of benzene rings is 1. The third-order valence-corrected chi connectivity index (χ3v) is 6.82. The molecule has 0 radical (unpaired) electrons. The molecule has 1 N–H and O–H groups in total. The average Bonchev–Trinajstić information content (AvgIpc) is 3.26. The number of amides is 2. The van der Waals surface area contributed by atoms with Gasteiger partial charge in [0.1, 0.15) is 6.04 Å². The molecule has 9 heteroatoms. The van der Waals surface area contributed by atoms with Crippen molar-refractivity contribution in [1.29, 1.82) is 0 Å². The fourth-order valence-electron chi connectivity index (χ4n) is 3.86. The zero-order chi connectivity index (χ0) is 24.1. The van der Waals surface area contributed by atoms with Crippen LogP contribution in [0.25, 0.3) is 17.2 Å². The fraction of sp³-hybridized carbons (Fsp3) is 0.240. The first-order valence-electron chi connectivity index (χ1n) is 10.7. The summed E-state index contributed by atoms with van der Waals surface area (Å²) >= 11 is 7.33. The molecule has 1 aromatic carbocycles. The number of methoxy groups -OCH3 is 1. The number of ether oxygens (including phenoxy) is 1. The molecule has 34 heavy (non-hydrogen) atoms. The van der Waals surface area contributed by atoms with Gasteiger partial charge in [0.2, 0.25) is 17.4 Å². The number of piperazine rings is 1. The molecule has 1 fully saturated rings. The normalized spacial score (nSPS) is 16.4. The Bertz CT molecular complexity index is 1230. The van der Waals surface area contributed by atoms with E-state index in [1.165, 1.54) is 30.6 Å². The lowest BCUT2D eigenvalue weighted by Gasteiger charge is -2.40. The number of nitrogens with one attached hydrogen (secondary N) is 1. The summed E-state index contributed by atoms with van der Waals surface area (Å²) in [6, 6.07) is 14.0. The number of halogens is 1. The maximum atomic E-state index is 13.2. The van der Waals surface area contributed by atoms with E-state index in [0.29, 0.717) is 24.0 Å². The van der Waals surface area contributed by atoms with E-state index in [1.54, 1.807) is 34.2 Å². The van der Waals surface area contributed by atoms with Crippen LogP contribution in [-0.4, -0.2) is 59.4 Å². The Morgan fingerprint density at radius 3 is 2.53 bits per heavy atom. The Balaban J connectivity index is 1.43. The first-order valence-corrected chi connectivity index (χ1v) is 11.9. The molecule has 0 saturated carbocycles.